The summed E-state index contributed by atoms with van der Waals surface area (Å²) in [4.78, 5) is 12.9. The van der Waals surface area contributed by atoms with Gasteiger partial charge >= 0.3 is 0 Å². The van der Waals surface area contributed by atoms with Crippen LogP contribution in [-0.4, -0.2) is 26.6 Å². The van der Waals surface area contributed by atoms with E-state index in [-0.39, 0.29) is 5.84 Å². The molecule has 0 aliphatic heterocycles. The Labute approximate surface area is 221 Å². The number of H-pyrrole nitrogens is 1. The minimum atomic E-state index is 0.183. The van der Waals surface area contributed by atoms with Crippen LogP contribution in [0.2, 0.25) is 0 Å². The zero-order valence-electron chi connectivity index (χ0n) is 21.4. The Hall–Kier alpha value is -3.13. The predicted molar refractivity (Wildman–Crippen MR) is 153 cm³/mol. The molecule has 36 heavy (non-hydrogen) atoms. The standard InChI is InChI=1S/C20H19N7.C7H14.CH3Br/c1-2-15-18-14-9-8-13(19(26-21)27-22)11-16(14)24-20(18)25-17(23-15)10-12-6-4-3-5-7-12;1-7-5-3-2-4-6-7;1-2/h3-9,11,21H,2,10,22H2,1H3,(H,23,24,25);7H,2-6H2,1H3;1H3/b26-21?,27-19-;;. The number of hydrogen-bond donors (Lipinski definition) is 3. The summed E-state index contributed by atoms with van der Waals surface area (Å²) < 4.78 is 0. The summed E-state index contributed by atoms with van der Waals surface area (Å²) in [6.45, 7) is 4.46. The largest absolute Gasteiger partial charge is 0.339 e. The first-order valence-electron chi connectivity index (χ1n) is 12.5. The van der Waals surface area contributed by atoms with Crippen LogP contribution in [0.25, 0.3) is 21.9 Å². The molecule has 2 heterocycles. The van der Waals surface area contributed by atoms with E-state index in [4.69, 9.17) is 21.3 Å². The number of rotatable bonds is 4. The van der Waals surface area contributed by atoms with Crippen molar-refractivity contribution < 1.29 is 0 Å². The molecule has 0 saturated heterocycles. The topological polar surface area (TPSA) is 116 Å². The third-order valence-electron chi connectivity index (χ3n) is 6.49. The number of fused-ring (bicyclic) bond motifs is 3. The molecule has 0 atom stereocenters. The molecule has 1 saturated carbocycles. The summed E-state index contributed by atoms with van der Waals surface area (Å²) in [6.07, 6.45) is 8.94. The van der Waals surface area contributed by atoms with Gasteiger partial charge in [0.15, 0.2) is 5.84 Å². The Morgan fingerprint density at radius 2 is 1.81 bits per heavy atom. The number of aromatic amines is 1. The zero-order valence-corrected chi connectivity index (χ0v) is 23.0. The number of halogens is 1. The Kier molecular flexibility index (Phi) is 10.5. The molecule has 0 spiro atoms. The number of hydrogen-bond acceptors (Lipinski definition) is 5. The summed E-state index contributed by atoms with van der Waals surface area (Å²) in [7, 11) is 0. The molecule has 4 aromatic rings. The lowest BCUT2D eigenvalue weighted by molar-refractivity contribution is 0.385. The number of hydrazone groups is 1. The molecule has 0 radical (unpaired) electrons. The minimum absolute atomic E-state index is 0.183. The second-order valence-electron chi connectivity index (χ2n) is 9.02. The van der Waals surface area contributed by atoms with Gasteiger partial charge < -0.3 is 10.8 Å². The van der Waals surface area contributed by atoms with Crippen LogP contribution < -0.4 is 5.84 Å². The molecule has 1 aliphatic carbocycles. The summed E-state index contributed by atoms with van der Waals surface area (Å²) >= 11 is 2.94. The van der Waals surface area contributed by atoms with Crippen molar-refractivity contribution in [3.63, 3.8) is 0 Å². The molecule has 5 rings (SSSR count). The SMILES string of the molecule is CBr.CC1CCCCC1.CCc1nc(Cc2ccccc2)nc2[nH]c3cc(/C(N=N)=N/N)ccc3c12. The Balaban J connectivity index is 0.000000342. The van der Waals surface area contributed by atoms with E-state index in [0.29, 0.717) is 12.0 Å². The smallest absolute Gasteiger partial charge is 0.199 e. The van der Waals surface area contributed by atoms with Gasteiger partial charge in [0.05, 0.1) is 5.69 Å². The van der Waals surface area contributed by atoms with Gasteiger partial charge in [0.2, 0.25) is 0 Å². The van der Waals surface area contributed by atoms with Crippen molar-refractivity contribution in [3.05, 3.63) is 71.2 Å². The molecule has 1 fully saturated rings. The highest BCUT2D eigenvalue weighted by atomic mass is 79.9. The first-order valence-corrected chi connectivity index (χ1v) is 14.1. The molecule has 190 valence electrons. The van der Waals surface area contributed by atoms with E-state index in [9.17, 15) is 0 Å². The summed E-state index contributed by atoms with van der Waals surface area (Å²) in [5.74, 6) is 9.14. The fourth-order valence-electron chi connectivity index (χ4n) is 4.65. The zero-order chi connectivity index (χ0) is 25.9. The highest BCUT2D eigenvalue weighted by molar-refractivity contribution is 9.08. The summed E-state index contributed by atoms with van der Waals surface area (Å²) in [6, 6.07) is 15.9. The van der Waals surface area contributed by atoms with Crippen LogP contribution >= 0.6 is 15.9 Å². The van der Waals surface area contributed by atoms with E-state index < -0.39 is 0 Å². The van der Waals surface area contributed by atoms with Gasteiger partial charge in [-0.2, -0.15) is 5.10 Å². The molecular formula is C28H36BrN7. The number of alkyl halides is 1. The van der Waals surface area contributed by atoms with Crippen molar-refractivity contribution in [2.45, 2.75) is 58.8 Å². The van der Waals surface area contributed by atoms with Crippen LogP contribution in [0, 0.1) is 11.4 Å². The van der Waals surface area contributed by atoms with Gasteiger partial charge in [-0.15, -0.1) is 5.11 Å². The summed E-state index contributed by atoms with van der Waals surface area (Å²) in [5.41, 5.74) is 11.8. The van der Waals surface area contributed by atoms with Crippen molar-refractivity contribution >= 4 is 43.7 Å². The molecule has 4 N–H and O–H groups in total. The Bertz CT molecular complexity index is 1290. The fourth-order valence-corrected chi connectivity index (χ4v) is 4.65. The number of nitrogens with one attached hydrogen (secondary N) is 2. The molecule has 0 amide bonds. The van der Waals surface area contributed by atoms with E-state index in [2.05, 4.69) is 57.1 Å². The molecular weight excluding hydrogens is 514 g/mol. The number of aromatic nitrogens is 3. The van der Waals surface area contributed by atoms with E-state index in [1.165, 1.54) is 37.7 Å². The number of aryl methyl sites for hydroxylation is 1. The average molecular weight is 551 g/mol. The monoisotopic (exact) mass is 549 g/mol. The lowest BCUT2D eigenvalue weighted by atomic mass is 9.91. The van der Waals surface area contributed by atoms with Gasteiger partial charge in [-0.05, 0) is 29.8 Å². The summed E-state index contributed by atoms with van der Waals surface area (Å²) in [5, 5.41) is 8.99. The van der Waals surface area contributed by atoms with Crippen LogP contribution in [0.4, 0.5) is 0 Å². The lowest BCUT2D eigenvalue weighted by Crippen LogP contribution is -2.01. The first kappa shape index (κ1) is 27.5. The average Bonchev–Trinajstić information content (AvgIpc) is 3.29. The van der Waals surface area contributed by atoms with Gasteiger partial charge in [0, 0.05) is 28.3 Å². The van der Waals surface area contributed by atoms with Crippen LogP contribution in [0.5, 0.6) is 0 Å². The normalized spacial score (nSPS) is 14.1. The Morgan fingerprint density at radius 1 is 1.08 bits per heavy atom. The lowest BCUT2D eigenvalue weighted by Gasteiger charge is -2.15. The van der Waals surface area contributed by atoms with E-state index in [1.807, 2.05) is 42.2 Å². The molecule has 0 bridgehead atoms. The van der Waals surface area contributed by atoms with Gasteiger partial charge in [-0.3, -0.25) is 0 Å². The van der Waals surface area contributed by atoms with E-state index in [1.54, 1.807) is 0 Å². The maximum atomic E-state index is 7.19. The second-order valence-corrected chi connectivity index (χ2v) is 9.02. The van der Waals surface area contributed by atoms with E-state index >= 15 is 0 Å². The minimum Gasteiger partial charge on any atom is -0.339 e. The van der Waals surface area contributed by atoms with Crippen molar-refractivity contribution in [1.29, 1.82) is 5.53 Å². The Morgan fingerprint density at radius 3 is 2.39 bits per heavy atom. The highest BCUT2D eigenvalue weighted by Crippen LogP contribution is 2.28. The van der Waals surface area contributed by atoms with E-state index in [0.717, 1.165) is 45.8 Å². The van der Waals surface area contributed by atoms with Crippen molar-refractivity contribution in [3.8, 4) is 0 Å². The van der Waals surface area contributed by atoms with Crippen LogP contribution in [0.15, 0.2) is 58.7 Å². The predicted octanol–water partition coefficient (Wildman–Crippen LogP) is 7.51. The molecule has 1 aliphatic rings. The van der Waals surface area contributed by atoms with Gasteiger partial charge in [-0.1, -0.05) is 104 Å². The molecule has 7 nitrogen and oxygen atoms in total. The van der Waals surface area contributed by atoms with Crippen LogP contribution in [0.1, 0.15) is 68.6 Å². The highest BCUT2D eigenvalue weighted by Gasteiger charge is 2.14. The van der Waals surface area contributed by atoms with Crippen LogP contribution in [-0.2, 0) is 12.8 Å². The molecule has 0 unspecified atom stereocenters. The molecule has 2 aromatic heterocycles. The van der Waals surface area contributed by atoms with Gasteiger partial charge in [0.25, 0.3) is 0 Å². The van der Waals surface area contributed by atoms with Crippen molar-refractivity contribution in [1.82, 2.24) is 15.0 Å². The maximum absolute atomic E-state index is 7.19. The first-order chi connectivity index (χ1) is 17.6. The van der Waals surface area contributed by atoms with Gasteiger partial charge in [0.1, 0.15) is 11.5 Å². The number of nitrogens with zero attached hydrogens (tertiary/aromatic N) is 4. The maximum Gasteiger partial charge on any atom is 0.199 e. The van der Waals surface area contributed by atoms with Crippen molar-refractivity contribution in [2.24, 2.45) is 22.0 Å². The van der Waals surface area contributed by atoms with Gasteiger partial charge in [-0.25, -0.2) is 15.5 Å². The number of amidine groups is 1. The third kappa shape index (κ3) is 6.75. The van der Waals surface area contributed by atoms with Crippen LogP contribution in [0.3, 0.4) is 0 Å². The fraction of sp³-hybridized carbons (Fsp3) is 0.393. The quantitative estimate of drug-likeness (QED) is 0.0610. The van der Waals surface area contributed by atoms with Crippen molar-refractivity contribution in [2.75, 3.05) is 5.83 Å². The second kappa shape index (κ2) is 13.8. The number of nitrogens with two attached hydrogens (primary N) is 1. The molecule has 2 aromatic carbocycles. The third-order valence-corrected chi connectivity index (χ3v) is 6.49. The number of benzene rings is 2. The molecule has 8 heteroatoms.